The fourth-order valence-corrected chi connectivity index (χ4v) is 3.89. The molecule has 1 atom stereocenters. The summed E-state index contributed by atoms with van der Waals surface area (Å²) in [6.07, 6.45) is 12.3. The van der Waals surface area contributed by atoms with E-state index in [1.807, 2.05) is 23.9 Å². The Bertz CT molecular complexity index is 572. The zero-order chi connectivity index (χ0) is 17.6. The summed E-state index contributed by atoms with van der Waals surface area (Å²) in [5.41, 5.74) is 0. The van der Waals surface area contributed by atoms with E-state index in [-0.39, 0.29) is 6.10 Å². The van der Waals surface area contributed by atoms with E-state index in [4.69, 9.17) is 4.74 Å². The van der Waals surface area contributed by atoms with Crippen molar-refractivity contribution in [2.45, 2.75) is 57.5 Å². The van der Waals surface area contributed by atoms with Crippen molar-refractivity contribution < 1.29 is 9.53 Å². The van der Waals surface area contributed by atoms with Crippen molar-refractivity contribution in [2.75, 3.05) is 32.1 Å². The Balaban J connectivity index is 1.56. The standard InChI is InChI=1S/C19H30N4O2/c1-22(2)18-19(21-11-10-20-18)25-16-9-6-12-23(14-16)17(24)13-15-7-4-3-5-8-15/h10-11,15-16H,3-9,12-14H2,1-2H3. The molecule has 1 saturated carbocycles. The van der Waals surface area contributed by atoms with Crippen LogP contribution in [0.2, 0.25) is 0 Å². The molecule has 3 rings (SSSR count). The lowest BCUT2D eigenvalue weighted by atomic mass is 9.86. The summed E-state index contributed by atoms with van der Waals surface area (Å²) in [6, 6.07) is 0. The SMILES string of the molecule is CN(C)c1nccnc1OC1CCCN(C(=O)CC2CCCCC2)C1. The van der Waals surface area contributed by atoms with E-state index < -0.39 is 0 Å². The normalized spacial score (nSPS) is 21.8. The van der Waals surface area contributed by atoms with Crippen molar-refractivity contribution in [1.29, 1.82) is 0 Å². The highest BCUT2D eigenvalue weighted by Gasteiger charge is 2.28. The van der Waals surface area contributed by atoms with E-state index >= 15 is 0 Å². The topological polar surface area (TPSA) is 58.6 Å². The first-order valence-electron chi connectivity index (χ1n) is 9.56. The number of piperidine rings is 1. The molecule has 25 heavy (non-hydrogen) atoms. The van der Waals surface area contributed by atoms with Crippen LogP contribution in [0.5, 0.6) is 5.88 Å². The highest BCUT2D eigenvalue weighted by Crippen LogP contribution is 2.28. The second kappa shape index (κ2) is 8.50. The first kappa shape index (κ1) is 18.0. The van der Waals surface area contributed by atoms with E-state index in [1.165, 1.54) is 32.1 Å². The van der Waals surface area contributed by atoms with Crippen LogP contribution < -0.4 is 9.64 Å². The highest BCUT2D eigenvalue weighted by atomic mass is 16.5. The largest absolute Gasteiger partial charge is 0.470 e. The monoisotopic (exact) mass is 346 g/mol. The van der Waals surface area contributed by atoms with Gasteiger partial charge in [0, 0.05) is 39.5 Å². The minimum Gasteiger partial charge on any atom is -0.470 e. The van der Waals surface area contributed by atoms with Gasteiger partial charge in [-0.15, -0.1) is 0 Å². The minimum atomic E-state index is -0.000504. The summed E-state index contributed by atoms with van der Waals surface area (Å²) in [6.45, 7) is 1.52. The van der Waals surface area contributed by atoms with Gasteiger partial charge in [0.05, 0.1) is 6.54 Å². The molecule has 2 fully saturated rings. The molecule has 2 aliphatic rings. The number of hydrogen-bond donors (Lipinski definition) is 0. The molecular weight excluding hydrogens is 316 g/mol. The highest BCUT2D eigenvalue weighted by molar-refractivity contribution is 5.76. The van der Waals surface area contributed by atoms with E-state index in [2.05, 4.69) is 9.97 Å². The van der Waals surface area contributed by atoms with Gasteiger partial charge in [0.2, 0.25) is 5.91 Å². The first-order valence-corrected chi connectivity index (χ1v) is 9.56. The molecule has 2 heterocycles. The van der Waals surface area contributed by atoms with Gasteiger partial charge in [-0.05, 0) is 31.6 Å². The molecule has 1 unspecified atom stereocenters. The van der Waals surface area contributed by atoms with Crippen molar-refractivity contribution in [3.63, 3.8) is 0 Å². The number of carbonyl (C=O) groups is 1. The van der Waals surface area contributed by atoms with Gasteiger partial charge < -0.3 is 14.5 Å². The zero-order valence-corrected chi connectivity index (χ0v) is 15.5. The molecule has 138 valence electrons. The fraction of sp³-hybridized carbons (Fsp3) is 0.737. The molecule has 1 aromatic heterocycles. The van der Waals surface area contributed by atoms with E-state index in [9.17, 15) is 4.79 Å². The van der Waals surface area contributed by atoms with Crippen molar-refractivity contribution in [2.24, 2.45) is 5.92 Å². The second-order valence-corrected chi connectivity index (χ2v) is 7.51. The smallest absolute Gasteiger partial charge is 0.257 e. The molecule has 0 bridgehead atoms. The van der Waals surface area contributed by atoms with E-state index in [0.717, 1.165) is 25.2 Å². The molecule has 0 radical (unpaired) electrons. The van der Waals surface area contributed by atoms with Crippen LogP contribution in [-0.2, 0) is 4.79 Å². The third-order valence-electron chi connectivity index (χ3n) is 5.27. The molecule has 0 aromatic carbocycles. The molecule has 1 aliphatic carbocycles. The summed E-state index contributed by atoms with van der Waals surface area (Å²) in [5, 5.41) is 0. The average Bonchev–Trinajstić information content (AvgIpc) is 2.63. The zero-order valence-electron chi connectivity index (χ0n) is 15.5. The number of nitrogens with zero attached hydrogens (tertiary/aromatic N) is 4. The predicted molar refractivity (Wildman–Crippen MR) is 97.8 cm³/mol. The summed E-state index contributed by atoms with van der Waals surface area (Å²) >= 11 is 0. The maximum absolute atomic E-state index is 12.7. The van der Waals surface area contributed by atoms with Gasteiger partial charge >= 0.3 is 0 Å². The van der Waals surface area contributed by atoms with Gasteiger partial charge in [-0.1, -0.05) is 19.3 Å². The Morgan fingerprint density at radius 2 is 1.92 bits per heavy atom. The van der Waals surface area contributed by atoms with Crippen LogP contribution in [-0.4, -0.2) is 54.1 Å². The summed E-state index contributed by atoms with van der Waals surface area (Å²) in [5.74, 6) is 2.17. The minimum absolute atomic E-state index is 0.000504. The number of likely N-dealkylation sites (tertiary alicyclic amines) is 1. The van der Waals surface area contributed by atoms with Crippen molar-refractivity contribution >= 4 is 11.7 Å². The first-order chi connectivity index (χ1) is 12.1. The summed E-state index contributed by atoms with van der Waals surface area (Å²) < 4.78 is 6.11. The number of hydrogen-bond acceptors (Lipinski definition) is 5. The fourth-order valence-electron chi connectivity index (χ4n) is 3.89. The van der Waals surface area contributed by atoms with Gasteiger partial charge in [-0.2, -0.15) is 0 Å². The number of amides is 1. The molecule has 6 nitrogen and oxygen atoms in total. The molecule has 1 aliphatic heterocycles. The third kappa shape index (κ3) is 4.83. The van der Waals surface area contributed by atoms with Crippen LogP contribution in [0.1, 0.15) is 51.4 Å². The molecule has 1 saturated heterocycles. The lowest BCUT2D eigenvalue weighted by Crippen LogP contribution is -2.45. The van der Waals surface area contributed by atoms with Crippen LogP contribution in [0.25, 0.3) is 0 Å². The van der Waals surface area contributed by atoms with Crippen molar-refractivity contribution in [3.8, 4) is 5.88 Å². The Labute approximate surface area is 150 Å². The van der Waals surface area contributed by atoms with Crippen LogP contribution in [0.15, 0.2) is 12.4 Å². The van der Waals surface area contributed by atoms with Crippen LogP contribution >= 0.6 is 0 Å². The Morgan fingerprint density at radius 1 is 1.16 bits per heavy atom. The number of anilines is 1. The molecule has 0 spiro atoms. The van der Waals surface area contributed by atoms with E-state index in [0.29, 0.717) is 30.7 Å². The Hall–Kier alpha value is -1.85. The number of ether oxygens (including phenoxy) is 1. The number of aromatic nitrogens is 2. The Morgan fingerprint density at radius 3 is 2.68 bits per heavy atom. The maximum atomic E-state index is 12.7. The Kier molecular flexibility index (Phi) is 6.10. The molecule has 1 amide bonds. The van der Waals surface area contributed by atoms with Crippen molar-refractivity contribution in [3.05, 3.63) is 12.4 Å². The quantitative estimate of drug-likeness (QED) is 0.820. The van der Waals surface area contributed by atoms with Gasteiger partial charge in [0.25, 0.3) is 5.88 Å². The molecule has 0 N–H and O–H groups in total. The molecule has 6 heteroatoms. The van der Waals surface area contributed by atoms with Gasteiger partial charge in [-0.25, -0.2) is 9.97 Å². The van der Waals surface area contributed by atoms with Gasteiger partial charge in [-0.3, -0.25) is 4.79 Å². The lowest BCUT2D eigenvalue weighted by Gasteiger charge is -2.34. The van der Waals surface area contributed by atoms with Gasteiger partial charge in [0.15, 0.2) is 5.82 Å². The summed E-state index contributed by atoms with van der Waals surface area (Å²) in [4.78, 5) is 25.2. The van der Waals surface area contributed by atoms with Crippen LogP contribution in [0.4, 0.5) is 5.82 Å². The summed E-state index contributed by atoms with van der Waals surface area (Å²) in [7, 11) is 3.86. The lowest BCUT2D eigenvalue weighted by molar-refractivity contribution is -0.135. The predicted octanol–water partition coefficient (Wildman–Crippen LogP) is 2.88. The van der Waals surface area contributed by atoms with E-state index in [1.54, 1.807) is 12.4 Å². The van der Waals surface area contributed by atoms with Crippen LogP contribution in [0, 0.1) is 5.92 Å². The maximum Gasteiger partial charge on any atom is 0.257 e. The van der Waals surface area contributed by atoms with Crippen molar-refractivity contribution in [1.82, 2.24) is 14.9 Å². The second-order valence-electron chi connectivity index (χ2n) is 7.51. The third-order valence-corrected chi connectivity index (χ3v) is 5.27. The van der Waals surface area contributed by atoms with Crippen LogP contribution in [0.3, 0.4) is 0 Å². The number of carbonyl (C=O) groups excluding carboxylic acids is 1. The molecule has 1 aromatic rings. The number of rotatable bonds is 5. The van der Waals surface area contributed by atoms with Gasteiger partial charge in [0.1, 0.15) is 6.10 Å². The average molecular weight is 346 g/mol. The molecular formula is C19H30N4O2.